The summed E-state index contributed by atoms with van der Waals surface area (Å²) in [5, 5.41) is 4.69. The first-order chi connectivity index (χ1) is 10.1. The summed E-state index contributed by atoms with van der Waals surface area (Å²) in [7, 11) is 0. The second-order valence-electron chi connectivity index (χ2n) is 6.00. The van der Waals surface area contributed by atoms with Crippen molar-refractivity contribution in [1.82, 2.24) is 9.88 Å². The molecule has 2 unspecified atom stereocenters. The Hall–Kier alpha value is -1.39. The van der Waals surface area contributed by atoms with Crippen LogP contribution in [0, 0.1) is 13.8 Å². The summed E-state index contributed by atoms with van der Waals surface area (Å²) in [4.78, 5) is 8.46. The number of anilines is 1. The number of aryl methyl sites for hydroxylation is 2. The number of rotatable bonds is 4. The van der Waals surface area contributed by atoms with Crippen LogP contribution in [0.3, 0.4) is 0 Å². The average molecular weight is 301 g/mol. The van der Waals surface area contributed by atoms with E-state index in [1.165, 1.54) is 16.9 Å². The van der Waals surface area contributed by atoms with E-state index in [4.69, 9.17) is 0 Å². The molecule has 0 spiro atoms. The summed E-state index contributed by atoms with van der Waals surface area (Å²) < 4.78 is 0. The van der Waals surface area contributed by atoms with E-state index in [1.807, 2.05) is 0 Å². The molecule has 0 bridgehead atoms. The maximum Gasteiger partial charge on any atom is 0.183 e. The summed E-state index contributed by atoms with van der Waals surface area (Å²) in [6.45, 7) is 8.67. The normalized spacial score (nSPS) is 22.6. The average Bonchev–Trinajstić information content (AvgIpc) is 2.95. The van der Waals surface area contributed by atoms with Gasteiger partial charge in [0.2, 0.25) is 0 Å². The van der Waals surface area contributed by atoms with E-state index in [0.717, 1.165) is 23.9 Å². The predicted octanol–water partition coefficient (Wildman–Crippen LogP) is 3.83. The maximum absolute atomic E-state index is 4.60. The van der Waals surface area contributed by atoms with Crippen LogP contribution in [0.5, 0.6) is 0 Å². The van der Waals surface area contributed by atoms with Gasteiger partial charge in [0.05, 0.1) is 5.69 Å². The molecular formula is C17H23N3S. The fraction of sp³-hybridized carbons (Fsp3) is 0.471. The highest BCUT2D eigenvalue weighted by molar-refractivity contribution is 7.15. The lowest BCUT2D eigenvalue weighted by atomic mass is 10.2. The molecule has 1 aliphatic heterocycles. The number of benzene rings is 1. The van der Waals surface area contributed by atoms with Crippen LogP contribution >= 0.6 is 11.3 Å². The van der Waals surface area contributed by atoms with Gasteiger partial charge in [-0.3, -0.25) is 4.90 Å². The first kappa shape index (κ1) is 14.5. The zero-order valence-corrected chi connectivity index (χ0v) is 13.8. The molecule has 21 heavy (non-hydrogen) atoms. The number of thiazole rings is 1. The van der Waals surface area contributed by atoms with E-state index in [1.54, 1.807) is 11.3 Å². The van der Waals surface area contributed by atoms with Crippen LogP contribution in [0.15, 0.2) is 30.3 Å². The van der Waals surface area contributed by atoms with E-state index >= 15 is 0 Å². The first-order valence-corrected chi connectivity index (χ1v) is 8.42. The highest BCUT2D eigenvalue weighted by Gasteiger charge is 2.29. The maximum atomic E-state index is 4.60. The third-order valence-electron chi connectivity index (χ3n) is 4.29. The summed E-state index contributed by atoms with van der Waals surface area (Å²) >= 11 is 1.77. The van der Waals surface area contributed by atoms with Crippen molar-refractivity contribution in [3.8, 4) is 0 Å². The fourth-order valence-corrected chi connectivity index (χ4v) is 3.84. The molecule has 1 N–H and O–H groups in total. The molecule has 112 valence electrons. The Labute approximate surface area is 131 Å². The standard InChI is InChI=1S/C17H23N3S/c1-12-9-16(19-17-18-13(2)14(3)21-17)11-20(12)10-15-7-5-4-6-8-15/h4-8,12,16H,9-11H2,1-3H3,(H,18,19). The van der Waals surface area contributed by atoms with Gasteiger partial charge in [-0.15, -0.1) is 11.3 Å². The van der Waals surface area contributed by atoms with Crippen LogP contribution in [-0.4, -0.2) is 28.5 Å². The van der Waals surface area contributed by atoms with Crippen LogP contribution in [0.25, 0.3) is 0 Å². The second kappa shape index (κ2) is 6.16. The van der Waals surface area contributed by atoms with Gasteiger partial charge in [-0.25, -0.2) is 4.98 Å². The molecule has 1 saturated heterocycles. The van der Waals surface area contributed by atoms with Crippen molar-refractivity contribution in [2.45, 2.75) is 45.8 Å². The summed E-state index contributed by atoms with van der Waals surface area (Å²) in [5.41, 5.74) is 2.54. The minimum atomic E-state index is 0.508. The van der Waals surface area contributed by atoms with Crippen molar-refractivity contribution in [1.29, 1.82) is 0 Å². The molecule has 1 aromatic heterocycles. The highest BCUT2D eigenvalue weighted by Crippen LogP contribution is 2.26. The van der Waals surface area contributed by atoms with Gasteiger partial charge in [-0.2, -0.15) is 0 Å². The lowest BCUT2D eigenvalue weighted by Crippen LogP contribution is -2.28. The van der Waals surface area contributed by atoms with Gasteiger partial charge in [0.25, 0.3) is 0 Å². The number of likely N-dealkylation sites (tertiary alicyclic amines) is 1. The molecule has 4 heteroatoms. The second-order valence-corrected chi connectivity index (χ2v) is 7.20. The van der Waals surface area contributed by atoms with Crippen molar-refractivity contribution in [3.05, 3.63) is 46.5 Å². The molecule has 2 aromatic rings. The van der Waals surface area contributed by atoms with Crippen LogP contribution in [0.1, 0.15) is 29.5 Å². The SMILES string of the molecule is Cc1nc(NC2CC(C)N(Cc3ccccc3)C2)sc1C. The predicted molar refractivity (Wildman–Crippen MR) is 89.9 cm³/mol. The molecule has 1 aromatic carbocycles. The van der Waals surface area contributed by atoms with E-state index in [2.05, 4.69) is 66.3 Å². The highest BCUT2D eigenvalue weighted by atomic mass is 32.1. The van der Waals surface area contributed by atoms with E-state index < -0.39 is 0 Å². The zero-order chi connectivity index (χ0) is 14.8. The third kappa shape index (κ3) is 3.44. The Morgan fingerprint density at radius 2 is 2.05 bits per heavy atom. The Morgan fingerprint density at radius 1 is 1.29 bits per heavy atom. The van der Waals surface area contributed by atoms with Crippen molar-refractivity contribution < 1.29 is 0 Å². The molecule has 0 radical (unpaired) electrons. The van der Waals surface area contributed by atoms with Crippen LogP contribution in [-0.2, 0) is 6.54 Å². The summed E-state index contributed by atoms with van der Waals surface area (Å²) in [6.07, 6.45) is 1.19. The van der Waals surface area contributed by atoms with Crippen molar-refractivity contribution in [3.63, 3.8) is 0 Å². The van der Waals surface area contributed by atoms with Gasteiger partial charge in [-0.05, 0) is 32.8 Å². The van der Waals surface area contributed by atoms with Gasteiger partial charge >= 0.3 is 0 Å². The Bertz CT molecular complexity index is 574. The molecular weight excluding hydrogens is 278 g/mol. The molecule has 3 rings (SSSR count). The van der Waals surface area contributed by atoms with Gasteiger partial charge in [0, 0.05) is 30.1 Å². The summed E-state index contributed by atoms with van der Waals surface area (Å²) in [5.74, 6) is 0. The molecule has 3 nitrogen and oxygen atoms in total. The van der Waals surface area contributed by atoms with E-state index in [-0.39, 0.29) is 0 Å². The van der Waals surface area contributed by atoms with Crippen LogP contribution in [0.4, 0.5) is 5.13 Å². The quantitative estimate of drug-likeness (QED) is 0.930. The lowest BCUT2D eigenvalue weighted by molar-refractivity contribution is 0.259. The number of hydrogen-bond donors (Lipinski definition) is 1. The number of aromatic nitrogens is 1. The minimum Gasteiger partial charge on any atom is -0.357 e. The first-order valence-electron chi connectivity index (χ1n) is 7.60. The Balaban J connectivity index is 1.60. The third-order valence-corrected chi connectivity index (χ3v) is 5.29. The molecule has 0 aliphatic carbocycles. The number of hydrogen-bond acceptors (Lipinski definition) is 4. The molecule has 0 saturated carbocycles. The van der Waals surface area contributed by atoms with Crippen molar-refractivity contribution in [2.24, 2.45) is 0 Å². The monoisotopic (exact) mass is 301 g/mol. The molecule has 0 amide bonds. The molecule has 2 heterocycles. The largest absolute Gasteiger partial charge is 0.357 e. The van der Waals surface area contributed by atoms with E-state index in [9.17, 15) is 0 Å². The molecule has 2 atom stereocenters. The lowest BCUT2D eigenvalue weighted by Gasteiger charge is -2.20. The molecule has 1 fully saturated rings. The van der Waals surface area contributed by atoms with Crippen molar-refractivity contribution >= 4 is 16.5 Å². The smallest absolute Gasteiger partial charge is 0.183 e. The van der Waals surface area contributed by atoms with E-state index in [0.29, 0.717) is 12.1 Å². The Morgan fingerprint density at radius 3 is 2.71 bits per heavy atom. The van der Waals surface area contributed by atoms with Crippen LogP contribution < -0.4 is 5.32 Å². The van der Waals surface area contributed by atoms with Gasteiger partial charge in [0.1, 0.15) is 0 Å². The number of nitrogens with zero attached hydrogens (tertiary/aromatic N) is 2. The zero-order valence-electron chi connectivity index (χ0n) is 13.0. The fourth-order valence-electron chi connectivity index (χ4n) is 2.95. The Kier molecular flexibility index (Phi) is 4.27. The number of nitrogens with one attached hydrogen (secondary N) is 1. The summed E-state index contributed by atoms with van der Waals surface area (Å²) in [6, 6.07) is 11.9. The minimum absolute atomic E-state index is 0.508. The van der Waals surface area contributed by atoms with Crippen LogP contribution in [0.2, 0.25) is 0 Å². The van der Waals surface area contributed by atoms with Crippen molar-refractivity contribution in [2.75, 3.05) is 11.9 Å². The van der Waals surface area contributed by atoms with Gasteiger partial charge in [-0.1, -0.05) is 30.3 Å². The van der Waals surface area contributed by atoms with Gasteiger partial charge < -0.3 is 5.32 Å². The van der Waals surface area contributed by atoms with Gasteiger partial charge in [0.15, 0.2) is 5.13 Å². The molecule has 1 aliphatic rings. The topological polar surface area (TPSA) is 28.2 Å².